The summed E-state index contributed by atoms with van der Waals surface area (Å²) < 4.78 is 17.6. The number of nitrogens with one attached hydrogen (secondary N) is 1. The highest BCUT2D eigenvalue weighted by Crippen LogP contribution is 2.24. The van der Waals surface area contributed by atoms with Gasteiger partial charge in [-0.1, -0.05) is 13.0 Å². The van der Waals surface area contributed by atoms with Gasteiger partial charge in [-0.25, -0.2) is 4.98 Å². The molecule has 0 unspecified atom stereocenters. The van der Waals surface area contributed by atoms with Crippen LogP contribution in [-0.2, 0) is 21.3 Å². The number of carbonyl (C=O) groups is 1. The molecule has 0 aromatic carbocycles. The highest BCUT2D eigenvalue weighted by molar-refractivity contribution is 7.85. The Kier molecular flexibility index (Phi) is 5.69. The Labute approximate surface area is 130 Å². The molecule has 5 nitrogen and oxygen atoms in total. The van der Waals surface area contributed by atoms with Crippen molar-refractivity contribution < 1.29 is 13.4 Å². The molecule has 2 atom stereocenters. The van der Waals surface area contributed by atoms with E-state index in [1.165, 1.54) is 17.6 Å². The number of carbonyl (C=O) groups excluding carboxylic acids is 1. The maximum absolute atomic E-state index is 12.2. The van der Waals surface area contributed by atoms with Crippen LogP contribution in [0, 0.1) is 0 Å². The monoisotopic (exact) mass is 326 g/mol. The van der Waals surface area contributed by atoms with Gasteiger partial charge in [0.1, 0.15) is 11.5 Å². The molecule has 114 valence electrons. The zero-order valence-corrected chi connectivity index (χ0v) is 13.6. The minimum Gasteiger partial charge on any atom is -0.444 e. The van der Waals surface area contributed by atoms with Gasteiger partial charge in [0, 0.05) is 17.3 Å². The van der Waals surface area contributed by atoms with Crippen LogP contribution < -0.4 is 5.32 Å². The summed E-state index contributed by atoms with van der Waals surface area (Å²) >= 11 is 1.53. The van der Waals surface area contributed by atoms with Crippen molar-refractivity contribution >= 4 is 28.0 Å². The second-order valence-corrected chi connectivity index (χ2v) is 7.28. The maximum atomic E-state index is 12.2. The zero-order valence-electron chi connectivity index (χ0n) is 12.0. The van der Waals surface area contributed by atoms with E-state index in [0.717, 1.165) is 11.3 Å². The molecule has 0 aliphatic heterocycles. The molecular formula is C14H18N2O3S2. The van der Waals surface area contributed by atoms with E-state index in [9.17, 15) is 9.00 Å². The fourth-order valence-corrected chi connectivity index (χ4v) is 3.32. The summed E-state index contributed by atoms with van der Waals surface area (Å²) in [6.45, 7) is 4.25. The van der Waals surface area contributed by atoms with Gasteiger partial charge < -0.3 is 9.73 Å². The van der Waals surface area contributed by atoms with Crippen molar-refractivity contribution in [2.45, 2.75) is 31.3 Å². The van der Waals surface area contributed by atoms with Crippen LogP contribution in [0.1, 0.15) is 26.0 Å². The fraction of sp³-hybridized carbons (Fsp3) is 0.429. The summed E-state index contributed by atoms with van der Waals surface area (Å²) in [5, 5.41) is 4.14. The zero-order chi connectivity index (χ0) is 15.2. The van der Waals surface area contributed by atoms with Crippen LogP contribution in [0.15, 0.2) is 28.2 Å². The molecule has 0 aliphatic carbocycles. The van der Waals surface area contributed by atoms with Crippen LogP contribution in [0.2, 0.25) is 0 Å². The first-order valence-corrected chi connectivity index (χ1v) is 9.01. The van der Waals surface area contributed by atoms with Gasteiger partial charge in [0.25, 0.3) is 0 Å². The van der Waals surface area contributed by atoms with Crippen molar-refractivity contribution in [3.8, 4) is 10.8 Å². The summed E-state index contributed by atoms with van der Waals surface area (Å²) in [5.74, 6) is 0.563. The lowest BCUT2D eigenvalue weighted by molar-refractivity contribution is -0.120. The van der Waals surface area contributed by atoms with E-state index in [4.69, 9.17) is 4.42 Å². The summed E-state index contributed by atoms with van der Waals surface area (Å²) in [5.41, 5.74) is 0.604. The highest BCUT2D eigenvalue weighted by Gasteiger charge is 2.21. The highest BCUT2D eigenvalue weighted by atomic mass is 32.2. The number of nitrogens with zero attached hydrogens (tertiary/aromatic N) is 1. The molecule has 0 aliphatic rings. The number of rotatable bonds is 7. The maximum Gasteiger partial charge on any atom is 0.236 e. The first-order chi connectivity index (χ1) is 10.1. The topological polar surface area (TPSA) is 72.2 Å². The Morgan fingerprint density at radius 2 is 2.38 bits per heavy atom. The second kappa shape index (κ2) is 7.51. The third-order valence-corrected chi connectivity index (χ3v) is 5.33. The Morgan fingerprint density at radius 3 is 3.05 bits per heavy atom. The van der Waals surface area contributed by atoms with Gasteiger partial charge in [-0.2, -0.15) is 0 Å². The molecule has 0 bridgehead atoms. The Balaban J connectivity index is 1.95. The number of amides is 1. The molecule has 2 heterocycles. The predicted molar refractivity (Wildman–Crippen MR) is 84.4 cm³/mol. The lowest BCUT2D eigenvalue weighted by Crippen LogP contribution is -2.36. The standard InChI is InChI=1S/C14H18N2O3S2/c1-3-6-15-13(17)10(2)21(18)9-11-8-19-14(16-11)12-5-4-7-20-12/h4-5,7-8,10H,3,6,9H2,1-2H3,(H,15,17)/t10-,21+/m0/s1. The van der Waals surface area contributed by atoms with Crippen LogP contribution in [0.25, 0.3) is 10.8 Å². The number of oxazole rings is 1. The van der Waals surface area contributed by atoms with Crippen molar-refractivity contribution in [1.29, 1.82) is 0 Å². The smallest absolute Gasteiger partial charge is 0.236 e. The Bertz CT molecular complexity index is 608. The van der Waals surface area contributed by atoms with Crippen molar-refractivity contribution in [2.75, 3.05) is 6.54 Å². The van der Waals surface area contributed by atoms with Gasteiger partial charge in [-0.05, 0) is 24.8 Å². The summed E-state index contributed by atoms with van der Waals surface area (Å²) in [6, 6.07) is 3.83. The minimum atomic E-state index is -1.31. The van der Waals surface area contributed by atoms with Gasteiger partial charge in [-0.3, -0.25) is 9.00 Å². The molecular weight excluding hydrogens is 308 g/mol. The molecule has 0 fully saturated rings. The van der Waals surface area contributed by atoms with Crippen molar-refractivity contribution in [3.05, 3.63) is 29.5 Å². The SMILES string of the molecule is CCCNC(=O)[C@H](C)[S@](=O)Cc1coc(-c2cccs2)n1. The summed E-state index contributed by atoms with van der Waals surface area (Å²) in [7, 11) is -1.31. The quantitative estimate of drug-likeness (QED) is 0.849. The molecule has 0 radical (unpaired) electrons. The normalized spacial score (nSPS) is 13.8. The van der Waals surface area contributed by atoms with Gasteiger partial charge in [-0.15, -0.1) is 11.3 Å². The number of thiophene rings is 1. The summed E-state index contributed by atoms with van der Waals surface area (Å²) in [4.78, 5) is 17.0. The Morgan fingerprint density at radius 1 is 1.57 bits per heavy atom. The fourth-order valence-electron chi connectivity index (χ4n) is 1.67. The molecule has 2 aromatic rings. The van der Waals surface area contributed by atoms with Gasteiger partial charge >= 0.3 is 0 Å². The van der Waals surface area contributed by atoms with E-state index in [1.807, 2.05) is 24.4 Å². The van der Waals surface area contributed by atoms with Crippen LogP contribution in [0.3, 0.4) is 0 Å². The Hall–Kier alpha value is -1.47. The van der Waals surface area contributed by atoms with E-state index in [2.05, 4.69) is 10.3 Å². The molecule has 0 saturated heterocycles. The first-order valence-electron chi connectivity index (χ1n) is 6.75. The second-order valence-electron chi connectivity index (χ2n) is 4.58. The number of hydrogen-bond donors (Lipinski definition) is 1. The largest absolute Gasteiger partial charge is 0.444 e. The van der Waals surface area contributed by atoms with Crippen molar-refractivity contribution in [3.63, 3.8) is 0 Å². The molecule has 1 N–H and O–H groups in total. The van der Waals surface area contributed by atoms with Crippen LogP contribution >= 0.6 is 11.3 Å². The third-order valence-electron chi connectivity index (χ3n) is 2.89. The lowest BCUT2D eigenvalue weighted by atomic mass is 10.4. The molecule has 1 amide bonds. The van der Waals surface area contributed by atoms with Crippen LogP contribution in [0.5, 0.6) is 0 Å². The molecule has 0 spiro atoms. The molecule has 0 saturated carbocycles. The van der Waals surface area contributed by atoms with E-state index in [1.54, 1.807) is 6.92 Å². The lowest BCUT2D eigenvalue weighted by Gasteiger charge is -2.10. The van der Waals surface area contributed by atoms with E-state index in [0.29, 0.717) is 18.1 Å². The number of aromatic nitrogens is 1. The van der Waals surface area contributed by atoms with E-state index >= 15 is 0 Å². The minimum absolute atomic E-state index is 0.183. The molecule has 2 rings (SSSR count). The van der Waals surface area contributed by atoms with Crippen LogP contribution in [-0.4, -0.2) is 26.9 Å². The van der Waals surface area contributed by atoms with Crippen LogP contribution in [0.4, 0.5) is 0 Å². The van der Waals surface area contributed by atoms with Crippen molar-refractivity contribution in [2.24, 2.45) is 0 Å². The van der Waals surface area contributed by atoms with Gasteiger partial charge in [0.05, 0.1) is 16.3 Å². The average Bonchev–Trinajstić information content (AvgIpc) is 3.14. The molecule has 2 aromatic heterocycles. The van der Waals surface area contributed by atoms with Gasteiger partial charge in [0.15, 0.2) is 0 Å². The number of hydrogen-bond acceptors (Lipinski definition) is 5. The van der Waals surface area contributed by atoms with E-state index in [-0.39, 0.29) is 11.7 Å². The first kappa shape index (κ1) is 15.9. The predicted octanol–water partition coefficient (Wildman–Crippen LogP) is 2.57. The molecule has 7 heteroatoms. The molecule has 21 heavy (non-hydrogen) atoms. The average molecular weight is 326 g/mol. The third kappa shape index (κ3) is 4.25. The van der Waals surface area contributed by atoms with Gasteiger partial charge in [0.2, 0.25) is 11.8 Å². The van der Waals surface area contributed by atoms with E-state index < -0.39 is 16.0 Å². The van der Waals surface area contributed by atoms with Crippen molar-refractivity contribution in [1.82, 2.24) is 10.3 Å². The summed E-state index contributed by atoms with van der Waals surface area (Å²) in [6.07, 6.45) is 2.36.